The summed E-state index contributed by atoms with van der Waals surface area (Å²) in [7, 11) is 1.74. The van der Waals surface area contributed by atoms with Crippen LogP contribution in [0.5, 0.6) is 0 Å². The third-order valence-electron chi connectivity index (χ3n) is 3.29. The van der Waals surface area contributed by atoms with Crippen molar-refractivity contribution in [3.8, 4) is 0 Å². The number of carbonyl (C=O) groups is 2. The standard InChI is InChI=1S/C16H24N2O3/c1-5-18(4)15(19)12(3)17-14(16(20)21-6-2)13-10-8-7-9-11-13/h7-12,14,17H,5-6H2,1-4H3. The molecular formula is C16H24N2O3. The Kier molecular flexibility index (Phi) is 6.88. The molecule has 0 saturated heterocycles. The van der Waals surface area contributed by atoms with Crippen molar-refractivity contribution in [3.05, 3.63) is 35.9 Å². The van der Waals surface area contributed by atoms with E-state index in [1.165, 1.54) is 0 Å². The molecule has 5 nitrogen and oxygen atoms in total. The van der Waals surface area contributed by atoms with Gasteiger partial charge in [0.2, 0.25) is 5.91 Å². The highest BCUT2D eigenvalue weighted by Crippen LogP contribution is 2.15. The molecule has 0 bridgehead atoms. The Hall–Kier alpha value is -1.88. The van der Waals surface area contributed by atoms with Gasteiger partial charge in [0, 0.05) is 13.6 Å². The Morgan fingerprint density at radius 2 is 1.86 bits per heavy atom. The van der Waals surface area contributed by atoms with Crippen LogP contribution < -0.4 is 5.32 Å². The maximum Gasteiger partial charge on any atom is 0.327 e. The first-order valence-electron chi connectivity index (χ1n) is 7.23. The fraction of sp³-hybridized carbons (Fsp3) is 0.500. The largest absolute Gasteiger partial charge is 0.465 e. The van der Waals surface area contributed by atoms with Crippen LogP contribution in [0, 0.1) is 0 Å². The summed E-state index contributed by atoms with van der Waals surface area (Å²) in [6.07, 6.45) is 0. The first-order valence-corrected chi connectivity index (χ1v) is 7.23. The minimum Gasteiger partial charge on any atom is -0.465 e. The van der Waals surface area contributed by atoms with Crippen molar-refractivity contribution in [3.63, 3.8) is 0 Å². The molecule has 0 aliphatic rings. The zero-order valence-electron chi connectivity index (χ0n) is 13.1. The second kappa shape index (κ2) is 8.42. The van der Waals surface area contributed by atoms with Gasteiger partial charge in [0.05, 0.1) is 12.6 Å². The lowest BCUT2D eigenvalue weighted by Crippen LogP contribution is -2.46. The molecule has 0 aromatic heterocycles. The highest BCUT2D eigenvalue weighted by Gasteiger charge is 2.27. The van der Waals surface area contributed by atoms with Crippen molar-refractivity contribution < 1.29 is 14.3 Å². The van der Waals surface area contributed by atoms with Gasteiger partial charge in [-0.3, -0.25) is 10.1 Å². The summed E-state index contributed by atoms with van der Waals surface area (Å²) in [5.41, 5.74) is 0.787. The van der Waals surface area contributed by atoms with Crippen LogP contribution in [0.25, 0.3) is 0 Å². The molecule has 1 rings (SSSR count). The van der Waals surface area contributed by atoms with Gasteiger partial charge in [-0.2, -0.15) is 0 Å². The van der Waals surface area contributed by atoms with E-state index in [4.69, 9.17) is 4.74 Å². The zero-order valence-corrected chi connectivity index (χ0v) is 13.1. The minimum absolute atomic E-state index is 0.0530. The Balaban J connectivity index is 2.88. The average Bonchev–Trinajstić information content (AvgIpc) is 2.51. The van der Waals surface area contributed by atoms with Gasteiger partial charge in [0.1, 0.15) is 6.04 Å². The summed E-state index contributed by atoms with van der Waals surface area (Å²) >= 11 is 0. The highest BCUT2D eigenvalue weighted by atomic mass is 16.5. The molecule has 2 atom stereocenters. The number of nitrogens with zero attached hydrogens (tertiary/aromatic N) is 1. The van der Waals surface area contributed by atoms with E-state index in [-0.39, 0.29) is 11.9 Å². The van der Waals surface area contributed by atoms with Crippen LogP contribution in [-0.4, -0.2) is 43.0 Å². The van der Waals surface area contributed by atoms with Crippen LogP contribution in [0.2, 0.25) is 0 Å². The molecule has 0 spiro atoms. The molecule has 0 aliphatic heterocycles. The minimum atomic E-state index is -0.643. The number of ether oxygens (including phenoxy) is 1. The van der Waals surface area contributed by atoms with Crippen LogP contribution in [0.1, 0.15) is 32.4 Å². The van der Waals surface area contributed by atoms with Crippen LogP contribution >= 0.6 is 0 Å². The van der Waals surface area contributed by atoms with E-state index in [1.54, 1.807) is 25.8 Å². The number of hydrogen-bond acceptors (Lipinski definition) is 4. The molecular weight excluding hydrogens is 268 g/mol. The molecule has 0 fully saturated rings. The Morgan fingerprint density at radius 3 is 2.38 bits per heavy atom. The Bertz CT molecular complexity index is 462. The van der Waals surface area contributed by atoms with Gasteiger partial charge >= 0.3 is 5.97 Å². The predicted molar refractivity (Wildman–Crippen MR) is 81.7 cm³/mol. The molecule has 21 heavy (non-hydrogen) atoms. The second-order valence-electron chi connectivity index (χ2n) is 4.84. The van der Waals surface area contributed by atoms with Gasteiger partial charge < -0.3 is 9.64 Å². The van der Waals surface area contributed by atoms with Crippen molar-refractivity contribution in [1.29, 1.82) is 0 Å². The van der Waals surface area contributed by atoms with E-state index in [0.717, 1.165) is 5.56 Å². The molecule has 0 aliphatic carbocycles. The molecule has 2 unspecified atom stereocenters. The van der Waals surface area contributed by atoms with Gasteiger partial charge in [-0.05, 0) is 26.3 Å². The first-order chi connectivity index (χ1) is 10.0. The quantitative estimate of drug-likeness (QED) is 0.778. The van der Waals surface area contributed by atoms with Gasteiger partial charge in [0.25, 0.3) is 0 Å². The number of carbonyl (C=O) groups excluding carboxylic acids is 2. The summed E-state index contributed by atoms with van der Waals surface area (Å²) in [4.78, 5) is 25.9. The van der Waals surface area contributed by atoms with Crippen molar-refractivity contribution in [2.24, 2.45) is 0 Å². The van der Waals surface area contributed by atoms with E-state index in [9.17, 15) is 9.59 Å². The Morgan fingerprint density at radius 1 is 1.24 bits per heavy atom. The highest BCUT2D eigenvalue weighted by molar-refractivity contribution is 5.83. The summed E-state index contributed by atoms with van der Waals surface area (Å²) in [5, 5.41) is 3.07. The topological polar surface area (TPSA) is 58.6 Å². The number of nitrogens with one attached hydrogen (secondary N) is 1. The van der Waals surface area contributed by atoms with Gasteiger partial charge in [-0.1, -0.05) is 30.3 Å². The lowest BCUT2D eigenvalue weighted by molar-refractivity contribution is -0.146. The SMILES string of the molecule is CCOC(=O)C(NC(C)C(=O)N(C)CC)c1ccccc1. The van der Waals surface area contributed by atoms with Crippen LogP contribution in [-0.2, 0) is 14.3 Å². The van der Waals surface area contributed by atoms with E-state index >= 15 is 0 Å². The zero-order chi connectivity index (χ0) is 15.8. The third kappa shape index (κ3) is 4.86. The second-order valence-corrected chi connectivity index (χ2v) is 4.84. The summed E-state index contributed by atoms with van der Waals surface area (Å²) < 4.78 is 5.10. The molecule has 1 aromatic rings. The molecule has 0 radical (unpaired) electrons. The fourth-order valence-corrected chi connectivity index (χ4v) is 1.98. The first kappa shape index (κ1) is 17.2. The summed E-state index contributed by atoms with van der Waals surface area (Å²) in [6, 6.07) is 8.16. The predicted octanol–water partition coefficient (Wildman–Crippen LogP) is 1.75. The summed E-state index contributed by atoms with van der Waals surface area (Å²) in [6.45, 7) is 6.36. The maximum absolute atomic E-state index is 12.1. The molecule has 0 heterocycles. The smallest absolute Gasteiger partial charge is 0.327 e. The molecule has 1 amide bonds. The number of rotatable bonds is 7. The van der Waals surface area contributed by atoms with E-state index in [1.807, 2.05) is 37.3 Å². The number of esters is 1. The van der Waals surface area contributed by atoms with Crippen molar-refractivity contribution in [2.75, 3.05) is 20.2 Å². The number of hydrogen-bond donors (Lipinski definition) is 1. The average molecular weight is 292 g/mol. The fourth-order valence-electron chi connectivity index (χ4n) is 1.98. The van der Waals surface area contributed by atoms with Crippen molar-refractivity contribution in [1.82, 2.24) is 10.2 Å². The van der Waals surface area contributed by atoms with Gasteiger partial charge in [-0.15, -0.1) is 0 Å². The van der Waals surface area contributed by atoms with Crippen molar-refractivity contribution >= 4 is 11.9 Å². The van der Waals surface area contributed by atoms with Crippen LogP contribution in [0.3, 0.4) is 0 Å². The molecule has 0 saturated carbocycles. The Labute approximate surface area is 126 Å². The van der Waals surface area contributed by atoms with Crippen LogP contribution in [0.4, 0.5) is 0 Å². The van der Waals surface area contributed by atoms with Crippen molar-refractivity contribution in [2.45, 2.75) is 32.9 Å². The number of benzene rings is 1. The molecule has 1 N–H and O–H groups in total. The lowest BCUT2D eigenvalue weighted by atomic mass is 10.1. The number of amides is 1. The van der Waals surface area contributed by atoms with Crippen LogP contribution in [0.15, 0.2) is 30.3 Å². The monoisotopic (exact) mass is 292 g/mol. The lowest BCUT2D eigenvalue weighted by Gasteiger charge is -2.25. The molecule has 116 valence electrons. The third-order valence-corrected chi connectivity index (χ3v) is 3.29. The molecule has 5 heteroatoms. The summed E-state index contributed by atoms with van der Waals surface area (Å²) in [5.74, 6) is -0.426. The van der Waals surface area contributed by atoms with E-state index < -0.39 is 12.1 Å². The van der Waals surface area contributed by atoms with Gasteiger partial charge in [0.15, 0.2) is 0 Å². The van der Waals surface area contributed by atoms with E-state index in [0.29, 0.717) is 13.2 Å². The molecule has 1 aromatic carbocycles. The van der Waals surface area contributed by atoms with E-state index in [2.05, 4.69) is 5.32 Å². The normalized spacial score (nSPS) is 13.3. The maximum atomic E-state index is 12.1. The number of likely N-dealkylation sites (N-methyl/N-ethyl adjacent to an activating group) is 1. The van der Waals surface area contributed by atoms with Gasteiger partial charge in [-0.25, -0.2) is 4.79 Å².